The fourth-order valence-electron chi connectivity index (χ4n) is 6.37. The molecular formula is C22H29N5O. The summed E-state index contributed by atoms with van der Waals surface area (Å²) in [5.74, 6) is 5.22. The van der Waals surface area contributed by atoms with E-state index in [1.54, 1.807) is 0 Å². The molecule has 2 saturated carbocycles. The zero-order valence-electron chi connectivity index (χ0n) is 16.4. The highest BCUT2D eigenvalue weighted by Gasteiger charge is 2.44. The molecule has 2 aromatic heterocycles. The predicted molar refractivity (Wildman–Crippen MR) is 107 cm³/mol. The zero-order chi connectivity index (χ0) is 18.5. The topological polar surface area (TPSA) is 56.1 Å². The quantitative estimate of drug-likeness (QED) is 0.815. The van der Waals surface area contributed by atoms with Crippen LogP contribution in [0.15, 0.2) is 24.4 Å². The number of fused-ring (bicyclic) bond motifs is 1. The van der Waals surface area contributed by atoms with Gasteiger partial charge in [0.2, 0.25) is 5.95 Å². The van der Waals surface area contributed by atoms with Gasteiger partial charge in [-0.1, -0.05) is 6.07 Å². The van der Waals surface area contributed by atoms with Gasteiger partial charge in [-0.3, -0.25) is 9.55 Å². The number of anilines is 1. The van der Waals surface area contributed by atoms with E-state index in [1.807, 2.05) is 24.4 Å². The standard InChI is InChI=1S/C22H29N5O/c1-2-5-23-20(3-1)21-24-25-22(27(21)12-15-4-6-28-14-15)26-13-18-8-16-7-17(9-18)11-19(26)10-16/h1-3,5,15-19H,4,6-14H2. The lowest BCUT2D eigenvalue weighted by molar-refractivity contribution is 0.157. The van der Waals surface area contributed by atoms with Crippen molar-refractivity contribution in [3.8, 4) is 11.5 Å². The Morgan fingerprint density at radius 2 is 1.86 bits per heavy atom. The Morgan fingerprint density at radius 3 is 2.61 bits per heavy atom. The van der Waals surface area contributed by atoms with Gasteiger partial charge in [0.15, 0.2) is 5.82 Å². The van der Waals surface area contributed by atoms with Crippen LogP contribution < -0.4 is 4.90 Å². The smallest absolute Gasteiger partial charge is 0.227 e. The average molecular weight is 380 g/mol. The van der Waals surface area contributed by atoms with Gasteiger partial charge < -0.3 is 9.64 Å². The Balaban J connectivity index is 1.39. The summed E-state index contributed by atoms with van der Waals surface area (Å²) in [5.41, 5.74) is 0.917. The zero-order valence-corrected chi connectivity index (χ0v) is 16.4. The second-order valence-electron chi connectivity index (χ2n) is 9.46. The summed E-state index contributed by atoms with van der Waals surface area (Å²) in [4.78, 5) is 7.20. The molecule has 3 atom stereocenters. The molecule has 0 amide bonds. The van der Waals surface area contributed by atoms with Crippen LogP contribution in [0.4, 0.5) is 5.95 Å². The first-order valence-electron chi connectivity index (χ1n) is 11.0. The van der Waals surface area contributed by atoms with E-state index in [4.69, 9.17) is 9.84 Å². The van der Waals surface area contributed by atoms with E-state index >= 15 is 0 Å². The normalized spacial score (nSPS) is 34.1. The molecule has 0 spiro atoms. The van der Waals surface area contributed by atoms with Gasteiger partial charge in [-0.25, -0.2) is 0 Å². The number of hydrogen-bond donors (Lipinski definition) is 0. The number of rotatable bonds is 4. The van der Waals surface area contributed by atoms with E-state index in [1.165, 1.54) is 32.1 Å². The van der Waals surface area contributed by atoms with Gasteiger partial charge in [-0.2, -0.15) is 0 Å². The maximum Gasteiger partial charge on any atom is 0.227 e. The number of pyridine rings is 1. The van der Waals surface area contributed by atoms with Gasteiger partial charge in [0.05, 0.1) is 6.61 Å². The van der Waals surface area contributed by atoms with Gasteiger partial charge >= 0.3 is 0 Å². The molecule has 5 fully saturated rings. The van der Waals surface area contributed by atoms with Crippen molar-refractivity contribution in [2.24, 2.45) is 23.7 Å². The van der Waals surface area contributed by atoms with E-state index in [2.05, 4.69) is 19.5 Å². The SMILES string of the molecule is c1ccc(-c2nnc(N3CC4CC5CC(C4)CC3C5)n2CC2CCOC2)nc1. The van der Waals surface area contributed by atoms with Crippen LogP contribution >= 0.6 is 0 Å². The summed E-state index contributed by atoms with van der Waals surface area (Å²) in [6.45, 7) is 3.79. The molecule has 5 aliphatic rings. The van der Waals surface area contributed by atoms with Crippen molar-refractivity contribution in [1.29, 1.82) is 0 Å². The van der Waals surface area contributed by atoms with Gasteiger partial charge in [-0.05, 0) is 68.4 Å². The second-order valence-corrected chi connectivity index (χ2v) is 9.46. The third kappa shape index (κ3) is 2.93. The van der Waals surface area contributed by atoms with Gasteiger partial charge in [0, 0.05) is 37.9 Å². The molecular weight excluding hydrogens is 350 g/mol. The maximum absolute atomic E-state index is 5.66. The Bertz CT molecular complexity index is 817. The second kappa shape index (κ2) is 6.83. The molecule has 5 heterocycles. The van der Waals surface area contributed by atoms with E-state index < -0.39 is 0 Å². The van der Waals surface area contributed by atoms with Crippen molar-refractivity contribution in [2.45, 2.75) is 51.1 Å². The molecule has 28 heavy (non-hydrogen) atoms. The summed E-state index contributed by atoms with van der Waals surface area (Å²) in [6.07, 6.45) is 9.94. The van der Waals surface area contributed by atoms with Crippen LogP contribution in [-0.4, -0.2) is 45.5 Å². The average Bonchev–Trinajstić information content (AvgIpc) is 3.32. The number of aromatic nitrogens is 4. The van der Waals surface area contributed by atoms with Crippen LogP contribution in [0.1, 0.15) is 38.5 Å². The predicted octanol–water partition coefficient (Wildman–Crippen LogP) is 3.39. The van der Waals surface area contributed by atoms with Crippen molar-refractivity contribution >= 4 is 5.95 Å². The largest absolute Gasteiger partial charge is 0.381 e. The van der Waals surface area contributed by atoms with Gasteiger partial charge in [-0.15, -0.1) is 10.2 Å². The maximum atomic E-state index is 5.66. The Morgan fingerprint density at radius 1 is 1.00 bits per heavy atom. The van der Waals surface area contributed by atoms with Crippen LogP contribution in [0.2, 0.25) is 0 Å². The minimum Gasteiger partial charge on any atom is -0.381 e. The summed E-state index contributed by atoms with van der Waals surface area (Å²) in [6, 6.07) is 6.67. The third-order valence-corrected chi connectivity index (χ3v) is 7.45. The van der Waals surface area contributed by atoms with E-state index in [-0.39, 0.29) is 0 Å². The van der Waals surface area contributed by atoms with E-state index in [9.17, 15) is 0 Å². The molecule has 3 aliphatic heterocycles. The highest BCUT2D eigenvalue weighted by atomic mass is 16.5. The molecule has 4 bridgehead atoms. The molecule has 3 unspecified atom stereocenters. The lowest BCUT2D eigenvalue weighted by Gasteiger charge is -2.39. The summed E-state index contributed by atoms with van der Waals surface area (Å²) in [5, 5.41) is 9.40. The highest BCUT2D eigenvalue weighted by molar-refractivity contribution is 5.53. The molecule has 7 rings (SSSR count). The molecule has 6 heteroatoms. The van der Waals surface area contributed by atoms with Crippen LogP contribution in [0.3, 0.4) is 0 Å². The first kappa shape index (κ1) is 17.0. The molecule has 2 aromatic rings. The fraction of sp³-hybridized carbons (Fsp3) is 0.682. The van der Waals surface area contributed by atoms with Crippen molar-refractivity contribution in [1.82, 2.24) is 19.7 Å². The van der Waals surface area contributed by atoms with Crippen molar-refractivity contribution in [2.75, 3.05) is 24.7 Å². The molecule has 0 N–H and O–H groups in total. The summed E-state index contributed by atoms with van der Waals surface area (Å²) >= 11 is 0. The van der Waals surface area contributed by atoms with E-state index in [0.717, 1.165) is 67.9 Å². The number of hydrogen-bond acceptors (Lipinski definition) is 5. The van der Waals surface area contributed by atoms with Crippen molar-refractivity contribution < 1.29 is 4.74 Å². The Hall–Kier alpha value is -1.95. The van der Waals surface area contributed by atoms with E-state index in [0.29, 0.717) is 12.0 Å². The lowest BCUT2D eigenvalue weighted by Crippen LogP contribution is -2.40. The van der Waals surface area contributed by atoms with Crippen molar-refractivity contribution in [3.63, 3.8) is 0 Å². The first-order valence-corrected chi connectivity index (χ1v) is 11.0. The third-order valence-electron chi connectivity index (χ3n) is 7.45. The monoisotopic (exact) mass is 379 g/mol. The number of ether oxygens (including phenoxy) is 1. The lowest BCUT2D eigenvalue weighted by atomic mass is 9.68. The van der Waals surface area contributed by atoms with Gasteiger partial charge in [0.25, 0.3) is 0 Å². The molecule has 6 nitrogen and oxygen atoms in total. The van der Waals surface area contributed by atoms with Gasteiger partial charge in [0.1, 0.15) is 5.69 Å². The van der Waals surface area contributed by atoms with Crippen molar-refractivity contribution in [3.05, 3.63) is 24.4 Å². The molecule has 3 saturated heterocycles. The molecule has 2 aliphatic carbocycles. The van der Waals surface area contributed by atoms with Crippen LogP contribution in [0, 0.1) is 23.7 Å². The Labute approximate surface area is 166 Å². The fourth-order valence-corrected chi connectivity index (χ4v) is 6.37. The molecule has 0 aromatic carbocycles. The summed E-state index contributed by atoms with van der Waals surface area (Å²) in [7, 11) is 0. The summed E-state index contributed by atoms with van der Waals surface area (Å²) < 4.78 is 8.02. The first-order chi connectivity index (χ1) is 13.8. The van der Waals surface area contributed by atoms with Crippen LogP contribution in [-0.2, 0) is 11.3 Å². The highest BCUT2D eigenvalue weighted by Crippen LogP contribution is 2.48. The number of nitrogens with zero attached hydrogens (tertiary/aromatic N) is 5. The minimum absolute atomic E-state index is 0.539. The van der Waals surface area contributed by atoms with Crippen LogP contribution in [0.5, 0.6) is 0 Å². The minimum atomic E-state index is 0.539. The molecule has 0 radical (unpaired) electrons. The van der Waals surface area contributed by atoms with Crippen LogP contribution in [0.25, 0.3) is 11.5 Å². The Kier molecular flexibility index (Phi) is 4.14. The molecule has 148 valence electrons.